The second-order valence-electron chi connectivity index (χ2n) is 3.64. The van der Waals surface area contributed by atoms with Gasteiger partial charge >= 0.3 is 5.97 Å². The SMILES string of the molecule is C/C=C\C(Cc1ccccn1)=C(/C)C(=O)OC. The summed E-state index contributed by atoms with van der Waals surface area (Å²) in [4.78, 5) is 15.7. The minimum Gasteiger partial charge on any atom is -0.466 e. The van der Waals surface area contributed by atoms with Gasteiger partial charge in [0, 0.05) is 23.9 Å². The second-order valence-corrected chi connectivity index (χ2v) is 3.64. The zero-order chi connectivity index (χ0) is 12.7. The highest BCUT2D eigenvalue weighted by Crippen LogP contribution is 2.13. The molecular weight excluding hydrogens is 214 g/mol. The van der Waals surface area contributed by atoms with Crippen LogP contribution >= 0.6 is 0 Å². The predicted octanol–water partition coefficient (Wildman–Crippen LogP) is 2.69. The summed E-state index contributed by atoms with van der Waals surface area (Å²) in [5.41, 5.74) is 2.48. The zero-order valence-corrected chi connectivity index (χ0v) is 10.4. The van der Waals surface area contributed by atoms with Crippen LogP contribution in [0.15, 0.2) is 47.7 Å². The first kappa shape index (κ1) is 13.2. The molecule has 1 aromatic heterocycles. The molecular formula is C14H17NO2. The molecule has 0 aliphatic rings. The van der Waals surface area contributed by atoms with Crippen molar-refractivity contribution in [2.24, 2.45) is 0 Å². The average Bonchev–Trinajstić information content (AvgIpc) is 2.37. The maximum Gasteiger partial charge on any atom is 0.333 e. The largest absolute Gasteiger partial charge is 0.466 e. The van der Waals surface area contributed by atoms with E-state index in [9.17, 15) is 4.79 Å². The molecule has 0 aromatic carbocycles. The fraction of sp³-hybridized carbons (Fsp3) is 0.286. The number of ether oxygens (including phenoxy) is 1. The Bertz CT molecular complexity index is 433. The van der Waals surface area contributed by atoms with Crippen molar-refractivity contribution < 1.29 is 9.53 Å². The molecule has 0 aliphatic heterocycles. The van der Waals surface area contributed by atoms with Crippen LogP contribution in [-0.2, 0) is 16.0 Å². The summed E-state index contributed by atoms with van der Waals surface area (Å²) in [5, 5.41) is 0. The van der Waals surface area contributed by atoms with Crippen LogP contribution < -0.4 is 0 Å². The summed E-state index contributed by atoms with van der Waals surface area (Å²) < 4.78 is 4.73. The van der Waals surface area contributed by atoms with Crippen molar-refractivity contribution in [2.75, 3.05) is 7.11 Å². The van der Waals surface area contributed by atoms with Crippen LogP contribution in [0.2, 0.25) is 0 Å². The van der Waals surface area contributed by atoms with E-state index in [0.717, 1.165) is 11.3 Å². The normalized spacial score (nSPS) is 12.4. The Morgan fingerprint density at radius 1 is 1.47 bits per heavy atom. The highest BCUT2D eigenvalue weighted by Gasteiger charge is 2.09. The van der Waals surface area contributed by atoms with Crippen molar-refractivity contribution in [3.63, 3.8) is 0 Å². The van der Waals surface area contributed by atoms with Gasteiger partial charge in [0.1, 0.15) is 0 Å². The summed E-state index contributed by atoms with van der Waals surface area (Å²) in [6.07, 6.45) is 6.20. The van der Waals surface area contributed by atoms with Crippen molar-refractivity contribution in [2.45, 2.75) is 20.3 Å². The number of hydrogen-bond acceptors (Lipinski definition) is 3. The molecule has 0 saturated carbocycles. The Morgan fingerprint density at radius 2 is 2.24 bits per heavy atom. The molecule has 0 aliphatic carbocycles. The molecule has 3 heteroatoms. The third kappa shape index (κ3) is 3.87. The van der Waals surface area contributed by atoms with Crippen LogP contribution in [0.25, 0.3) is 0 Å². The van der Waals surface area contributed by atoms with Crippen molar-refractivity contribution >= 4 is 5.97 Å². The maximum atomic E-state index is 11.5. The molecule has 90 valence electrons. The molecule has 0 amide bonds. The number of aromatic nitrogens is 1. The number of allylic oxidation sites excluding steroid dienone is 3. The molecule has 0 N–H and O–H groups in total. The van der Waals surface area contributed by atoms with Gasteiger partial charge in [-0.2, -0.15) is 0 Å². The summed E-state index contributed by atoms with van der Waals surface area (Å²) >= 11 is 0. The number of pyridine rings is 1. The minimum atomic E-state index is -0.297. The molecule has 0 saturated heterocycles. The summed E-state index contributed by atoms with van der Waals surface area (Å²) in [6, 6.07) is 5.74. The van der Waals surface area contributed by atoms with E-state index in [0.29, 0.717) is 12.0 Å². The predicted molar refractivity (Wildman–Crippen MR) is 67.5 cm³/mol. The van der Waals surface area contributed by atoms with E-state index in [4.69, 9.17) is 4.74 Å². The van der Waals surface area contributed by atoms with Crippen LogP contribution in [0, 0.1) is 0 Å². The highest BCUT2D eigenvalue weighted by atomic mass is 16.5. The quantitative estimate of drug-likeness (QED) is 0.454. The molecule has 1 aromatic rings. The number of nitrogens with zero attached hydrogens (tertiary/aromatic N) is 1. The second kappa shape index (κ2) is 6.63. The van der Waals surface area contributed by atoms with Gasteiger partial charge in [0.25, 0.3) is 0 Å². The third-order valence-corrected chi connectivity index (χ3v) is 2.44. The average molecular weight is 231 g/mol. The summed E-state index contributed by atoms with van der Waals surface area (Å²) in [6.45, 7) is 3.69. The van der Waals surface area contributed by atoms with Crippen molar-refractivity contribution in [1.29, 1.82) is 0 Å². The Kier molecular flexibility index (Phi) is 5.14. The van der Waals surface area contributed by atoms with Gasteiger partial charge in [0.2, 0.25) is 0 Å². The Labute approximate surface area is 102 Å². The first-order valence-corrected chi connectivity index (χ1v) is 5.49. The van der Waals surface area contributed by atoms with Crippen LogP contribution in [-0.4, -0.2) is 18.1 Å². The third-order valence-electron chi connectivity index (χ3n) is 2.44. The molecule has 1 heterocycles. The van der Waals surface area contributed by atoms with Crippen molar-refractivity contribution in [3.05, 3.63) is 53.4 Å². The lowest BCUT2D eigenvalue weighted by Gasteiger charge is -2.06. The van der Waals surface area contributed by atoms with Gasteiger partial charge in [-0.15, -0.1) is 0 Å². The smallest absolute Gasteiger partial charge is 0.333 e. The Hall–Kier alpha value is -1.90. The molecule has 0 fully saturated rings. The number of hydrogen-bond donors (Lipinski definition) is 0. The van der Waals surface area contributed by atoms with Gasteiger partial charge in [-0.05, 0) is 31.6 Å². The van der Waals surface area contributed by atoms with Gasteiger partial charge in [-0.3, -0.25) is 4.98 Å². The van der Waals surface area contributed by atoms with Gasteiger partial charge in [-0.25, -0.2) is 4.79 Å². The van der Waals surface area contributed by atoms with Gasteiger partial charge in [0.15, 0.2) is 0 Å². The fourth-order valence-electron chi connectivity index (χ4n) is 1.50. The van der Waals surface area contributed by atoms with Crippen molar-refractivity contribution in [1.82, 2.24) is 4.98 Å². The minimum absolute atomic E-state index is 0.297. The molecule has 0 unspecified atom stereocenters. The van der Waals surface area contributed by atoms with Crippen LogP contribution in [0.3, 0.4) is 0 Å². The molecule has 1 rings (SSSR count). The lowest BCUT2D eigenvalue weighted by atomic mass is 10.0. The van der Waals surface area contributed by atoms with E-state index in [-0.39, 0.29) is 5.97 Å². The standard InChI is InChI=1S/C14H17NO2/c1-4-7-12(11(2)14(16)17-3)10-13-8-5-6-9-15-13/h4-9H,10H2,1-3H3/b7-4-,12-11-. The van der Waals surface area contributed by atoms with E-state index in [1.807, 2.05) is 37.3 Å². The van der Waals surface area contributed by atoms with E-state index < -0.39 is 0 Å². The molecule has 0 spiro atoms. The molecule has 0 radical (unpaired) electrons. The number of esters is 1. The Morgan fingerprint density at radius 3 is 2.76 bits per heavy atom. The van der Waals surface area contributed by atoms with Gasteiger partial charge in [0.05, 0.1) is 7.11 Å². The fourth-order valence-corrected chi connectivity index (χ4v) is 1.50. The first-order chi connectivity index (χ1) is 8.19. The van der Waals surface area contributed by atoms with Crippen LogP contribution in [0.1, 0.15) is 19.5 Å². The van der Waals surface area contributed by atoms with E-state index >= 15 is 0 Å². The van der Waals surface area contributed by atoms with E-state index in [2.05, 4.69) is 4.98 Å². The molecule has 0 bridgehead atoms. The lowest BCUT2D eigenvalue weighted by Crippen LogP contribution is -2.06. The van der Waals surface area contributed by atoms with Gasteiger partial charge in [-0.1, -0.05) is 18.2 Å². The monoisotopic (exact) mass is 231 g/mol. The van der Waals surface area contributed by atoms with E-state index in [1.165, 1.54) is 7.11 Å². The molecule has 17 heavy (non-hydrogen) atoms. The number of carbonyl (C=O) groups is 1. The van der Waals surface area contributed by atoms with Gasteiger partial charge < -0.3 is 4.74 Å². The topological polar surface area (TPSA) is 39.2 Å². The van der Waals surface area contributed by atoms with Crippen LogP contribution in [0.5, 0.6) is 0 Å². The zero-order valence-electron chi connectivity index (χ0n) is 10.4. The summed E-state index contributed by atoms with van der Waals surface area (Å²) in [5.74, 6) is -0.297. The van der Waals surface area contributed by atoms with Crippen LogP contribution in [0.4, 0.5) is 0 Å². The number of rotatable bonds is 4. The highest BCUT2D eigenvalue weighted by molar-refractivity contribution is 5.89. The number of carbonyl (C=O) groups excluding carboxylic acids is 1. The molecule has 3 nitrogen and oxygen atoms in total. The van der Waals surface area contributed by atoms with Crippen molar-refractivity contribution in [3.8, 4) is 0 Å². The van der Waals surface area contributed by atoms with E-state index in [1.54, 1.807) is 13.1 Å². The summed E-state index contributed by atoms with van der Waals surface area (Å²) in [7, 11) is 1.39. The lowest BCUT2D eigenvalue weighted by molar-refractivity contribution is -0.136. The Balaban J connectivity index is 2.99. The first-order valence-electron chi connectivity index (χ1n) is 5.49. The number of methoxy groups -OCH3 is 1. The maximum absolute atomic E-state index is 11.5. The molecule has 0 atom stereocenters.